The van der Waals surface area contributed by atoms with E-state index in [0.29, 0.717) is 17.4 Å². The maximum atomic E-state index is 12.9. The Morgan fingerprint density at radius 1 is 1.48 bits per heavy atom. The van der Waals surface area contributed by atoms with Crippen LogP contribution in [0.15, 0.2) is 12.4 Å². The first-order valence-corrected chi connectivity index (χ1v) is 9.12. The first-order valence-electron chi connectivity index (χ1n) is 9.12. The second-order valence-corrected chi connectivity index (χ2v) is 8.14. The maximum absolute atomic E-state index is 12.9. The van der Waals surface area contributed by atoms with Crippen molar-refractivity contribution in [1.29, 1.82) is 5.26 Å². The molecule has 27 heavy (non-hydrogen) atoms. The van der Waals surface area contributed by atoms with E-state index >= 15 is 0 Å². The quantitative estimate of drug-likeness (QED) is 0.828. The van der Waals surface area contributed by atoms with E-state index in [0.717, 1.165) is 30.5 Å². The lowest BCUT2D eigenvalue weighted by Gasteiger charge is -2.23. The van der Waals surface area contributed by atoms with E-state index in [4.69, 9.17) is 5.26 Å². The van der Waals surface area contributed by atoms with Crippen LogP contribution < -0.4 is 5.32 Å². The van der Waals surface area contributed by atoms with Gasteiger partial charge < -0.3 is 10.4 Å². The summed E-state index contributed by atoms with van der Waals surface area (Å²) in [5.74, 6) is 0.581. The molecule has 2 heterocycles. The van der Waals surface area contributed by atoms with Gasteiger partial charge in [0.25, 0.3) is 5.91 Å². The van der Waals surface area contributed by atoms with Crippen molar-refractivity contribution in [2.75, 3.05) is 6.61 Å². The number of carbonyl (C=O) groups is 1. The molecular weight excluding hydrogens is 344 g/mol. The van der Waals surface area contributed by atoms with Crippen LogP contribution >= 0.6 is 0 Å². The third kappa shape index (κ3) is 2.70. The summed E-state index contributed by atoms with van der Waals surface area (Å²) < 4.78 is 1.71. The molecule has 1 amide bonds. The molecule has 2 aliphatic rings. The van der Waals surface area contributed by atoms with E-state index in [1.165, 1.54) is 12.4 Å². The fourth-order valence-corrected chi connectivity index (χ4v) is 4.04. The van der Waals surface area contributed by atoms with Gasteiger partial charge in [0, 0.05) is 11.5 Å². The predicted molar refractivity (Wildman–Crippen MR) is 96.3 cm³/mol. The first-order chi connectivity index (χ1) is 12.8. The van der Waals surface area contributed by atoms with Crippen LogP contribution in [0.2, 0.25) is 0 Å². The summed E-state index contributed by atoms with van der Waals surface area (Å²) in [6, 6.07) is 1.95. The topological polar surface area (TPSA) is 117 Å². The number of hydrogen-bond donors (Lipinski definition) is 2. The van der Waals surface area contributed by atoms with Crippen molar-refractivity contribution >= 4 is 5.91 Å². The number of carbonyl (C=O) groups excluding carboxylic acids is 1. The Morgan fingerprint density at radius 2 is 2.26 bits per heavy atom. The summed E-state index contributed by atoms with van der Waals surface area (Å²) >= 11 is 0. The van der Waals surface area contributed by atoms with Gasteiger partial charge in [-0.1, -0.05) is 6.92 Å². The number of rotatable bonds is 5. The normalized spacial score (nSPS) is 22.7. The third-order valence-corrected chi connectivity index (χ3v) is 5.81. The minimum atomic E-state index is -0.730. The number of fused-ring (bicyclic) bond motifs is 3. The largest absolute Gasteiger partial charge is 0.394 e. The van der Waals surface area contributed by atoms with Crippen molar-refractivity contribution in [3.8, 4) is 11.9 Å². The lowest BCUT2D eigenvalue weighted by atomic mass is 9.97. The van der Waals surface area contributed by atoms with Gasteiger partial charge in [0.1, 0.15) is 6.07 Å². The van der Waals surface area contributed by atoms with E-state index in [2.05, 4.69) is 27.3 Å². The van der Waals surface area contributed by atoms with Crippen molar-refractivity contribution in [3.05, 3.63) is 35.0 Å². The molecule has 2 aromatic heterocycles. The lowest BCUT2D eigenvalue weighted by molar-refractivity contribution is 0.0862. The summed E-state index contributed by atoms with van der Waals surface area (Å²) in [5.41, 5.74) is 2.11. The van der Waals surface area contributed by atoms with Crippen LogP contribution in [0.3, 0.4) is 0 Å². The molecule has 2 aromatic rings. The van der Waals surface area contributed by atoms with Crippen LogP contribution in [-0.4, -0.2) is 42.9 Å². The summed E-state index contributed by atoms with van der Waals surface area (Å²) in [4.78, 5) is 21.3. The van der Waals surface area contributed by atoms with Gasteiger partial charge in [0.15, 0.2) is 17.2 Å². The molecule has 8 nitrogen and oxygen atoms in total. The average molecular weight is 366 g/mol. The van der Waals surface area contributed by atoms with Crippen molar-refractivity contribution in [2.45, 2.75) is 51.5 Å². The fourth-order valence-electron chi connectivity index (χ4n) is 4.04. The lowest BCUT2D eigenvalue weighted by Crippen LogP contribution is -2.46. The van der Waals surface area contributed by atoms with Gasteiger partial charge in [-0.3, -0.25) is 4.79 Å². The molecule has 1 saturated carbocycles. The van der Waals surface area contributed by atoms with Gasteiger partial charge in [-0.05, 0) is 38.5 Å². The van der Waals surface area contributed by atoms with Crippen LogP contribution in [-0.2, 0) is 6.42 Å². The molecule has 0 saturated heterocycles. The molecule has 8 heteroatoms. The number of amides is 1. The highest BCUT2D eigenvalue weighted by Crippen LogP contribution is 2.69. The number of hydrogen-bond acceptors (Lipinski definition) is 6. The van der Waals surface area contributed by atoms with Crippen LogP contribution in [0.1, 0.15) is 67.0 Å². The van der Waals surface area contributed by atoms with Gasteiger partial charge in [0.2, 0.25) is 0 Å². The molecule has 4 rings (SSSR count). The van der Waals surface area contributed by atoms with Crippen LogP contribution in [0.5, 0.6) is 0 Å². The van der Waals surface area contributed by atoms with Crippen molar-refractivity contribution < 1.29 is 9.90 Å². The SMILES string of the molecule is CC[C@@]12Cc3c(C(=O)NC(C)(C)CO)nn(-c4cnc(C#N)cn4)c3[C@@H]1C2. The second kappa shape index (κ2) is 5.86. The van der Waals surface area contributed by atoms with E-state index in [9.17, 15) is 9.90 Å². The van der Waals surface area contributed by atoms with E-state index in [1.54, 1.807) is 18.5 Å². The maximum Gasteiger partial charge on any atom is 0.272 e. The molecular formula is C19H22N6O2. The Labute approximate surface area is 157 Å². The highest BCUT2D eigenvalue weighted by Gasteiger charge is 2.61. The summed E-state index contributed by atoms with van der Waals surface area (Å²) in [5, 5.41) is 25.8. The zero-order chi connectivity index (χ0) is 19.4. The van der Waals surface area contributed by atoms with Gasteiger partial charge in [0.05, 0.1) is 30.2 Å². The monoisotopic (exact) mass is 366 g/mol. The first kappa shape index (κ1) is 17.6. The smallest absolute Gasteiger partial charge is 0.272 e. The van der Waals surface area contributed by atoms with E-state index in [-0.39, 0.29) is 23.6 Å². The number of nitrogens with one attached hydrogen (secondary N) is 1. The molecule has 140 valence electrons. The van der Waals surface area contributed by atoms with Crippen LogP contribution in [0.25, 0.3) is 5.82 Å². The molecule has 0 radical (unpaired) electrons. The number of nitriles is 1. The number of nitrogens with zero attached hydrogens (tertiary/aromatic N) is 5. The molecule has 0 unspecified atom stereocenters. The second-order valence-electron chi connectivity index (χ2n) is 8.14. The van der Waals surface area contributed by atoms with Crippen LogP contribution in [0, 0.1) is 16.7 Å². The Morgan fingerprint density at radius 3 is 2.85 bits per heavy atom. The molecule has 0 bridgehead atoms. The van der Waals surface area contributed by atoms with Gasteiger partial charge >= 0.3 is 0 Å². The Kier molecular flexibility index (Phi) is 3.82. The van der Waals surface area contributed by atoms with E-state index < -0.39 is 5.54 Å². The molecule has 2 N–H and O–H groups in total. The van der Waals surface area contributed by atoms with Crippen LogP contribution in [0.4, 0.5) is 0 Å². The average Bonchev–Trinajstić information content (AvgIpc) is 3.10. The minimum Gasteiger partial charge on any atom is -0.394 e. The van der Waals surface area contributed by atoms with Gasteiger partial charge in [-0.25, -0.2) is 14.6 Å². The molecule has 0 aromatic carbocycles. The molecule has 2 atom stereocenters. The predicted octanol–water partition coefficient (Wildman–Crippen LogP) is 1.47. The molecule has 0 aliphatic heterocycles. The molecule has 1 fully saturated rings. The molecule has 0 spiro atoms. The number of aliphatic hydroxyl groups excluding tert-OH is 1. The van der Waals surface area contributed by atoms with Gasteiger partial charge in [-0.15, -0.1) is 0 Å². The zero-order valence-electron chi connectivity index (χ0n) is 15.7. The highest BCUT2D eigenvalue weighted by molar-refractivity contribution is 5.95. The fraction of sp³-hybridized carbons (Fsp3) is 0.526. The van der Waals surface area contributed by atoms with E-state index in [1.807, 2.05) is 6.07 Å². The molecule has 2 aliphatic carbocycles. The Hall–Kier alpha value is -2.79. The van der Waals surface area contributed by atoms with Gasteiger partial charge in [-0.2, -0.15) is 10.4 Å². The van der Waals surface area contributed by atoms with Crippen molar-refractivity contribution in [1.82, 2.24) is 25.1 Å². The standard InChI is InChI=1S/C19H22N6O2/c1-4-19-5-12-15(17(27)23-18(2,3)10-26)24-25(16(12)13(19)6-19)14-9-21-11(7-20)8-22-14/h8-9,13,26H,4-6,10H2,1-3H3,(H,23,27)/t13-,19-/m0/s1. The zero-order valence-corrected chi connectivity index (χ0v) is 15.7. The number of aliphatic hydroxyl groups is 1. The summed E-state index contributed by atoms with van der Waals surface area (Å²) in [6.45, 7) is 5.54. The number of aromatic nitrogens is 4. The Bertz CT molecular complexity index is 956. The summed E-state index contributed by atoms with van der Waals surface area (Å²) in [7, 11) is 0. The third-order valence-electron chi connectivity index (χ3n) is 5.81. The van der Waals surface area contributed by atoms with Crippen molar-refractivity contribution in [3.63, 3.8) is 0 Å². The highest BCUT2D eigenvalue weighted by atomic mass is 16.3. The minimum absolute atomic E-state index is 0.162. The Balaban J connectivity index is 1.77. The van der Waals surface area contributed by atoms with Crippen molar-refractivity contribution in [2.24, 2.45) is 5.41 Å². The summed E-state index contributed by atoms with van der Waals surface area (Å²) in [6.07, 6.45) is 5.89.